The van der Waals surface area contributed by atoms with Crippen molar-refractivity contribution in [2.24, 2.45) is 5.73 Å². The van der Waals surface area contributed by atoms with Gasteiger partial charge in [-0.05, 0) is 71.4 Å². The van der Waals surface area contributed by atoms with Gasteiger partial charge in [0.1, 0.15) is 41.5 Å². The molecule has 1 aliphatic heterocycles. The third-order valence-corrected chi connectivity index (χ3v) is 6.10. The molecular formula is C28H35FN6O5. The molecule has 4 rings (SSSR count). The average Bonchev–Trinajstić information content (AvgIpc) is 2.87. The van der Waals surface area contributed by atoms with Crippen molar-refractivity contribution in [1.29, 1.82) is 0 Å². The highest BCUT2D eigenvalue weighted by Gasteiger charge is 2.34. The lowest BCUT2D eigenvalue weighted by Gasteiger charge is -2.36. The van der Waals surface area contributed by atoms with Crippen LogP contribution in [-0.4, -0.2) is 80.1 Å². The van der Waals surface area contributed by atoms with Crippen LogP contribution in [0.4, 0.5) is 15.0 Å². The van der Waals surface area contributed by atoms with Crippen LogP contribution in [-0.2, 0) is 4.74 Å². The number of amides is 2. The number of carbonyl (C=O) groups is 2. The Morgan fingerprint density at radius 3 is 2.48 bits per heavy atom. The van der Waals surface area contributed by atoms with Crippen molar-refractivity contribution < 1.29 is 28.6 Å². The van der Waals surface area contributed by atoms with E-state index >= 15 is 4.39 Å². The second-order valence-corrected chi connectivity index (χ2v) is 11.4. The third kappa shape index (κ3) is 7.12. The Morgan fingerprint density at radius 1 is 1.15 bits per heavy atom. The maximum absolute atomic E-state index is 15.0. The minimum Gasteiger partial charge on any atom is -0.491 e. The predicted molar refractivity (Wildman–Crippen MR) is 148 cm³/mol. The summed E-state index contributed by atoms with van der Waals surface area (Å²) in [5.74, 6) is 0.0482. The zero-order chi connectivity index (χ0) is 29.2. The highest BCUT2D eigenvalue weighted by atomic mass is 19.1. The molecule has 214 valence electrons. The topological polar surface area (TPSA) is 153 Å². The summed E-state index contributed by atoms with van der Waals surface area (Å²) in [6.07, 6.45) is -0.425. The van der Waals surface area contributed by atoms with Gasteiger partial charge in [0, 0.05) is 18.7 Å². The van der Waals surface area contributed by atoms with Crippen LogP contribution in [0.15, 0.2) is 36.7 Å². The molecule has 0 bridgehead atoms. The molecule has 11 nitrogen and oxygen atoms in total. The van der Waals surface area contributed by atoms with Gasteiger partial charge in [-0.3, -0.25) is 4.79 Å². The van der Waals surface area contributed by atoms with Gasteiger partial charge in [0.2, 0.25) is 0 Å². The summed E-state index contributed by atoms with van der Waals surface area (Å²) >= 11 is 0. The molecule has 1 fully saturated rings. The number of pyridine rings is 1. The number of ether oxygens (including phenoxy) is 2. The smallest absolute Gasteiger partial charge is 0.410 e. The van der Waals surface area contributed by atoms with Crippen LogP contribution in [0.5, 0.6) is 5.75 Å². The molecule has 4 N–H and O–H groups in total. The number of nitrogens with zero attached hydrogens (tertiary/aromatic N) is 4. The van der Waals surface area contributed by atoms with Gasteiger partial charge in [0.05, 0.1) is 22.9 Å². The first-order valence-electron chi connectivity index (χ1n) is 13.0. The van der Waals surface area contributed by atoms with E-state index in [1.807, 2.05) is 0 Å². The molecule has 12 heteroatoms. The van der Waals surface area contributed by atoms with E-state index in [1.54, 1.807) is 58.9 Å². The van der Waals surface area contributed by atoms with Crippen LogP contribution < -0.4 is 15.8 Å². The molecule has 0 radical (unpaired) electrons. The van der Waals surface area contributed by atoms with E-state index in [2.05, 4.69) is 15.3 Å². The Kier molecular flexibility index (Phi) is 8.10. The van der Waals surface area contributed by atoms with Crippen molar-refractivity contribution in [2.45, 2.75) is 64.5 Å². The monoisotopic (exact) mass is 554 g/mol. The van der Waals surface area contributed by atoms with E-state index in [1.165, 1.54) is 17.3 Å². The van der Waals surface area contributed by atoms with E-state index < -0.39 is 35.4 Å². The fourth-order valence-electron chi connectivity index (χ4n) is 4.19. The van der Waals surface area contributed by atoms with E-state index in [-0.39, 0.29) is 48.5 Å². The van der Waals surface area contributed by atoms with Crippen LogP contribution >= 0.6 is 0 Å². The van der Waals surface area contributed by atoms with Crippen molar-refractivity contribution in [3.63, 3.8) is 0 Å². The van der Waals surface area contributed by atoms with E-state index in [9.17, 15) is 14.7 Å². The molecule has 2 atom stereocenters. The molecular weight excluding hydrogens is 519 g/mol. The zero-order valence-electron chi connectivity index (χ0n) is 23.3. The first-order valence-corrected chi connectivity index (χ1v) is 13.0. The van der Waals surface area contributed by atoms with Gasteiger partial charge in [-0.15, -0.1) is 0 Å². The van der Waals surface area contributed by atoms with E-state index in [4.69, 9.17) is 20.2 Å². The Hall–Kier alpha value is -4.06. The molecule has 2 aromatic heterocycles. The quantitative estimate of drug-likeness (QED) is 0.397. The normalized spacial score (nSPS) is 17.9. The molecule has 1 aliphatic rings. The third-order valence-electron chi connectivity index (χ3n) is 6.10. The number of rotatable bonds is 7. The number of fused-ring (bicyclic) bond motifs is 1. The van der Waals surface area contributed by atoms with E-state index in [0.29, 0.717) is 17.0 Å². The summed E-state index contributed by atoms with van der Waals surface area (Å²) in [6.45, 7) is 8.99. The van der Waals surface area contributed by atoms with Crippen LogP contribution in [0, 0.1) is 0 Å². The molecule has 2 amide bonds. The first-order chi connectivity index (χ1) is 18.7. The highest BCUT2D eigenvalue weighted by Crippen LogP contribution is 2.29. The number of nitrogens with two attached hydrogens (primary N) is 1. The second kappa shape index (κ2) is 11.2. The lowest BCUT2D eigenvalue weighted by atomic mass is 10.0. The number of halogens is 1. The van der Waals surface area contributed by atoms with Crippen molar-refractivity contribution in [3.05, 3.63) is 42.2 Å². The number of primary amides is 1. The van der Waals surface area contributed by atoms with Gasteiger partial charge in [-0.25, -0.2) is 24.1 Å². The van der Waals surface area contributed by atoms with Crippen molar-refractivity contribution in [2.75, 3.05) is 25.0 Å². The number of aliphatic hydroxyl groups is 1. The standard InChI is InChI=1S/C28H35FN6O5/c1-27(2,3)40-26(37)35-11-10-19(29)21(13-35)34-25-23-22(31-15-32-25)18(24(30)36)12-20(33-23)16-6-8-17(9-7-16)39-14-28(4,5)38/h6-9,12,15,19,21,38H,10-11,13-14H2,1-5H3,(H2,30,36)(H,31,32,34)/t19-,21-/m1/s1. The predicted octanol–water partition coefficient (Wildman–Crippen LogP) is 3.70. The number of nitrogens with one attached hydrogen (secondary N) is 1. The van der Waals surface area contributed by atoms with Crippen LogP contribution in [0.3, 0.4) is 0 Å². The fraction of sp³-hybridized carbons (Fsp3) is 0.464. The largest absolute Gasteiger partial charge is 0.491 e. The van der Waals surface area contributed by atoms with Gasteiger partial charge in [0.15, 0.2) is 5.82 Å². The molecule has 1 aromatic carbocycles. The minimum absolute atomic E-state index is 0.0516. The molecule has 0 spiro atoms. The Balaban J connectivity index is 1.65. The Bertz CT molecular complexity index is 1390. The number of anilines is 1. The molecule has 1 saturated heterocycles. The molecule has 3 heterocycles. The minimum atomic E-state index is -1.26. The molecule has 0 saturated carbocycles. The van der Waals surface area contributed by atoms with E-state index in [0.717, 1.165) is 0 Å². The summed E-state index contributed by atoms with van der Waals surface area (Å²) in [6, 6.07) is 7.70. The average molecular weight is 555 g/mol. The Labute approximate surface area is 231 Å². The number of carbonyl (C=O) groups excluding carboxylic acids is 2. The van der Waals surface area contributed by atoms with Gasteiger partial charge >= 0.3 is 6.09 Å². The van der Waals surface area contributed by atoms with Gasteiger partial charge in [-0.2, -0.15) is 0 Å². The highest BCUT2D eigenvalue weighted by molar-refractivity contribution is 6.06. The first kappa shape index (κ1) is 28.9. The van der Waals surface area contributed by atoms with Gasteiger partial charge in [0.25, 0.3) is 5.91 Å². The summed E-state index contributed by atoms with van der Waals surface area (Å²) in [5, 5.41) is 13.0. The maximum atomic E-state index is 15.0. The number of hydrogen-bond acceptors (Lipinski definition) is 9. The van der Waals surface area contributed by atoms with Crippen LogP contribution in [0.1, 0.15) is 51.4 Å². The van der Waals surface area contributed by atoms with Crippen molar-refractivity contribution in [3.8, 4) is 17.0 Å². The van der Waals surface area contributed by atoms with Crippen molar-refractivity contribution in [1.82, 2.24) is 19.9 Å². The molecule has 0 unspecified atom stereocenters. The summed E-state index contributed by atoms with van der Waals surface area (Å²) in [7, 11) is 0. The van der Waals surface area contributed by atoms with Crippen molar-refractivity contribution >= 4 is 28.9 Å². The maximum Gasteiger partial charge on any atom is 0.410 e. The Morgan fingerprint density at radius 2 is 1.85 bits per heavy atom. The number of aromatic nitrogens is 3. The lowest BCUT2D eigenvalue weighted by molar-refractivity contribution is 0.0150. The number of alkyl halides is 1. The van der Waals surface area contributed by atoms with Gasteiger partial charge in [-0.1, -0.05) is 0 Å². The number of piperidine rings is 1. The fourth-order valence-corrected chi connectivity index (χ4v) is 4.19. The second-order valence-electron chi connectivity index (χ2n) is 11.4. The summed E-state index contributed by atoms with van der Waals surface area (Å²) < 4.78 is 26.1. The summed E-state index contributed by atoms with van der Waals surface area (Å²) in [4.78, 5) is 39.6. The van der Waals surface area contributed by atoms with Gasteiger partial charge < -0.3 is 30.5 Å². The SMILES string of the molecule is CC(C)(O)COc1ccc(-c2cc(C(N)=O)c3ncnc(N[C@@H]4CN(C(=O)OC(C)(C)C)CC[C@H]4F)c3n2)cc1. The van der Waals surface area contributed by atoms with Crippen LogP contribution in [0.2, 0.25) is 0 Å². The summed E-state index contributed by atoms with van der Waals surface area (Å²) in [5.41, 5.74) is 5.67. The number of benzene rings is 1. The molecule has 0 aliphatic carbocycles. The molecule has 40 heavy (non-hydrogen) atoms. The number of hydrogen-bond donors (Lipinski definition) is 3. The number of likely N-dealkylation sites (tertiary alicyclic amines) is 1. The zero-order valence-corrected chi connectivity index (χ0v) is 23.3. The molecule has 3 aromatic rings. The van der Waals surface area contributed by atoms with Crippen LogP contribution in [0.25, 0.3) is 22.3 Å². The lowest BCUT2D eigenvalue weighted by Crippen LogP contribution is -2.52.